The van der Waals surface area contributed by atoms with E-state index >= 15 is 0 Å². The molecular formula is C34H38N4O5S. The largest absolute Gasteiger partial charge is 0.497 e. The van der Waals surface area contributed by atoms with E-state index in [9.17, 15) is 9.59 Å². The summed E-state index contributed by atoms with van der Waals surface area (Å²) in [5.74, 6) is 0.549. The van der Waals surface area contributed by atoms with E-state index in [0.717, 1.165) is 28.3 Å². The number of anilines is 1. The minimum Gasteiger partial charge on any atom is -0.497 e. The second-order valence-electron chi connectivity index (χ2n) is 11.2. The maximum atomic E-state index is 14.3. The van der Waals surface area contributed by atoms with Gasteiger partial charge in [0, 0.05) is 42.4 Å². The topological polar surface area (TPSA) is 87.3 Å². The van der Waals surface area contributed by atoms with Crippen molar-refractivity contribution in [1.82, 2.24) is 9.13 Å². The van der Waals surface area contributed by atoms with Crippen molar-refractivity contribution < 1.29 is 19.0 Å². The molecule has 1 aliphatic rings. The van der Waals surface area contributed by atoms with Gasteiger partial charge in [0.15, 0.2) is 4.80 Å². The zero-order valence-electron chi connectivity index (χ0n) is 26.6. The highest BCUT2D eigenvalue weighted by molar-refractivity contribution is 7.07. The third-order valence-electron chi connectivity index (χ3n) is 7.70. The molecule has 2 aromatic heterocycles. The normalized spacial score (nSPS) is 14.9. The van der Waals surface area contributed by atoms with Gasteiger partial charge in [0.1, 0.15) is 17.5 Å². The van der Waals surface area contributed by atoms with Crippen LogP contribution in [0.15, 0.2) is 69.6 Å². The molecule has 44 heavy (non-hydrogen) atoms. The second kappa shape index (κ2) is 12.2. The van der Waals surface area contributed by atoms with Crippen LogP contribution in [0.3, 0.4) is 0 Å². The number of nitrogens with zero attached hydrogens (tertiary/aromatic N) is 4. The number of allylic oxidation sites excluding steroid dienone is 1. The van der Waals surface area contributed by atoms with Crippen LogP contribution < -0.4 is 29.3 Å². The Labute approximate surface area is 260 Å². The minimum atomic E-state index is -0.827. The molecule has 0 bridgehead atoms. The number of ether oxygens (including phenoxy) is 3. The number of rotatable bonds is 8. The number of hydrogen-bond acceptors (Lipinski definition) is 8. The van der Waals surface area contributed by atoms with Crippen LogP contribution in [-0.2, 0) is 9.53 Å². The van der Waals surface area contributed by atoms with Crippen LogP contribution in [0.2, 0.25) is 0 Å². The average Bonchev–Trinajstić information content (AvgIpc) is 3.44. The lowest BCUT2D eigenvalue weighted by molar-refractivity contribution is -0.143. The maximum absolute atomic E-state index is 14.3. The van der Waals surface area contributed by atoms with Crippen molar-refractivity contribution in [3.63, 3.8) is 0 Å². The molecule has 0 aliphatic carbocycles. The maximum Gasteiger partial charge on any atom is 0.338 e. The van der Waals surface area contributed by atoms with Crippen molar-refractivity contribution in [1.29, 1.82) is 0 Å². The number of aromatic nitrogens is 2. The van der Waals surface area contributed by atoms with Crippen molar-refractivity contribution >= 4 is 29.1 Å². The minimum absolute atomic E-state index is 0.258. The van der Waals surface area contributed by atoms with Crippen LogP contribution in [0.5, 0.6) is 11.5 Å². The smallest absolute Gasteiger partial charge is 0.338 e. The highest BCUT2D eigenvalue weighted by Crippen LogP contribution is 2.38. The molecule has 5 rings (SSSR count). The molecule has 1 aliphatic heterocycles. The monoisotopic (exact) mass is 614 g/mol. The van der Waals surface area contributed by atoms with Crippen LogP contribution in [0.4, 0.5) is 5.69 Å². The Balaban J connectivity index is 1.70. The third-order valence-corrected chi connectivity index (χ3v) is 8.68. The highest BCUT2D eigenvalue weighted by Gasteiger charge is 2.36. The first-order valence-electron chi connectivity index (χ1n) is 14.4. The van der Waals surface area contributed by atoms with Crippen molar-refractivity contribution in [2.75, 3.05) is 33.2 Å². The van der Waals surface area contributed by atoms with Crippen LogP contribution in [0, 0.1) is 13.8 Å². The Bertz CT molecular complexity index is 1940. The lowest BCUT2D eigenvalue weighted by Crippen LogP contribution is -2.40. The fourth-order valence-electron chi connectivity index (χ4n) is 5.58. The zero-order valence-corrected chi connectivity index (χ0v) is 27.4. The number of fused-ring (bicyclic) bond motifs is 1. The summed E-state index contributed by atoms with van der Waals surface area (Å²) in [6, 6.07) is 14.9. The Hall–Kier alpha value is -4.57. The summed E-state index contributed by atoms with van der Waals surface area (Å²) in [6.45, 7) is 9.44. The zero-order chi connectivity index (χ0) is 31.9. The number of methoxy groups -OCH3 is 2. The molecule has 9 nitrogen and oxygen atoms in total. The molecule has 0 spiro atoms. The van der Waals surface area contributed by atoms with Crippen LogP contribution in [-0.4, -0.2) is 49.5 Å². The molecule has 0 unspecified atom stereocenters. The molecule has 1 atom stereocenters. The second-order valence-corrected chi connectivity index (χ2v) is 12.2. The summed E-state index contributed by atoms with van der Waals surface area (Å²) in [7, 11) is 7.16. The van der Waals surface area contributed by atoms with Gasteiger partial charge in [-0.05, 0) is 94.8 Å². The van der Waals surface area contributed by atoms with Crippen molar-refractivity contribution in [3.8, 4) is 17.2 Å². The van der Waals surface area contributed by atoms with E-state index in [4.69, 9.17) is 19.2 Å². The van der Waals surface area contributed by atoms with Gasteiger partial charge < -0.3 is 23.7 Å². The molecule has 0 saturated heterocycles. The van der Waals surface area contributed by atoms with Crippen LogP contribution in [0.1, 0.15) is 49.3 Å². The standard InChI is InChI=1S/C34H38N4O5S/c1-19(2)43-33(40)30-21(4)35-34-38(31(30)27-18-26(41-8)14-15-28(27)42-9)32(39)29(44-34)17-23-16-20(3)37(22(23)5)25-12-10-24(11-13-25)36(6)7/h10-19,31H,1-9H3/b29-17-/t31-/m0/s1. The number of benzene rings is 2. The Morgan fingerprint density at radius 3 is 2.34 bits per heavy atom. The van der Waals surface area contributed by atoms with Gasteiger partial charge in [-0.2, -0.15) is 0 Å². The van der Waals surface area contributed by atoms with Gasteiger partial charge in [-0.3, -0.25) is 9.36 Å². The molecule has 0 N–H and O–H groups in total. The van der Waals surface area contributed by atoms with E-state index in [1.165, 1.54) is 11.3 Å². The Morgan fingerprint density at radius 2 is 1.73 bits per heavy atom. The predicted octanol–water partition coefficient (Wildman–Crippen LogP) is 4.68. The van der Waals surface area contributed by atoms with E-state index < -0.39 is 12.0 Å². The van der Waals surface area contributed by atoms with Crippen LogP contribution in [0.25, 0.3) is 11.8 Å². The number of thiazole rings is 1. The number of carbonyl (C=O) groups is 1. The summed E-state index contributed by atoms with van der Waals surface area (Å²) in [5, 5.41) is 0. The first kappa shape index (κ1) is 30.9. The molecule has 0 radical (unpaired) electrons. The molecule has 230 valence electrons. The van der Waals surface area contributed by atoms with Gasteiger partial charge in [-0.15, -0.1) is 0 Å². The van der Waals surface area contributed by atoms with E-state index in [1.807, 2.05) is 27.1 Å². The van der Waals surface area contributed by atoms with Gasteiger partial charge in [0.2, 0.25) is 0 Å². The molecule has 4 aromatic rings. The van der Waals surface area contributed by atoms with Gasteiger partial charge in [0.05, 0.1) is 36.1 Å². The lowest BCUT2D eigenvalue weighted by Gasteiger charge is -2.26. The Kier molecular flexibility index (Phi) is 8.56. The lowest BCUT2D eigenvalue weighted by atomic mass is 9.94. The Morgan fingerprint density at radius 1 is 1.02 bits per heavy atom. The SMILES string of the molecule is COc1ccc(OC)c([C@H]2C(C(=O)OC(C)C)=C(C)N=c3s/c(=C\c4cc(C)n(-c5ccc(N(C)C)cc5)c4C)c(=O)n32)c1. The van der Waals surface area contributed by atoms with Gasteiger partial charge in [-0.25, -0.2) is 9.79 Å². The summed E-state index contributed by atoms with van der Waals surface area (Å²) in [5.41, 5.74) is 6.25. The molecule has 0 fully saturated rings. The third kappa shape index (κ3) is 5.57. The first-order chi connectivity index (χ1) is 20.9. The van der Waals surface area contributed by atoms with E-state index in [2.05, 4.69) is 46.7 Å². The number of esters is 1. The highest BCUT2D eigenvalue weighted by atomic mass is 32.1. The number of carbonyl (C=O) groups excluding carboxylic acids is 1. The first-order valence-corrected chi connectivity index (χ1v) is 15.2. The van der Waals surface area contributed by atoms with Crippen molar-refractivity contribution in [2.45, 2.75) is 46.8 Å². The van der Waals surface area contributed by atoms with Crippen LogP contribution >= 0.6 is 11.3 Å². The molecule has 2 aromatic carbocycles. The summed E-state index contributed by atoms with van der Waals surface area (Å²) >= 11 is 1.29. The quantitative estimate of drug-likeness (QED) is 0.268. The molecule has 10 heteroatoms. The van der Waals surface area contributed by atoms with Gasteiger partial charge in [-0.1, -0.05) is 11.3 Å². The molecular weight excluding hydrogens is 576 g/mol. The van der Waals surface area contributed by atoms with E-state index in [-0.39, 0.29) is 17.2 Å². The fourth-order valence-corrected chi connectivity index (χ4v) is 6.62. The molecule has 0 saturated carbocycles. The molecule has 0 amide bonds. The molecule has 3 heterocycles. The van der Waals surface area contributed by atoms with E-state index in [1.54, 1.807) is 57.8 Å². The summed E-state index contributed by atoms with van der Waals surface area (Å²) in [4.78, 5) is 35.0. The van der Waals surface area contributed by atoms with Gasteiger partial charge >= 0.3 is 5.97 Å². The van der Waals surface area contributed by atoms with Crippen molar-refractivity contribution in [2.24, 2.45) is 4.99 Å². The predicted molar refractivity (Wildman–Crippen MR) is 174 cm³/mol. The average molecular weight is 615 g/mol. The summed E-state index contributed by atoms with van der Waals surface area (Å²) in [6.07, 6.45) is 1.55. The fraction of sp³-hybridized carbons (Fsp3) is 0.324. The van der Waals surface area contributed by atoms with Gasteiger partial charge in [0.25, 0.3) is 5.56 Å². The number of hydrogen-bond donors (Lipinski definition) is 0. The van der Waals surface area contributed by atoms with E-state index in [0.29, 0.717) is 32.1 Å². The van der Waals surface area contributed by atoms with Crippen molar-refractivity contribution in [3.05, 3.63) is 102 Å². The summed E-state index contributed by atoms with van der Waals surface area (Å²) < 4.78 is 21.1. The number of aryl methyl sites for hydroxylation is 1.